The number of aromatic nitrogens is 3. The molecule has 0 radical (unpaired) electrons. The second-order valence-corrected chi connectivity index (χ2v) is 8.31. The molecule has 0 aliphatic carbocycles. The number of hydrogen-bond donors (Lipinski definition) is 1. The number of fused-ring (bicyclic) bond motifs is 1. The Morgan fingerprint density at radius 2 is 1.91 bits per heavy atom. The van der Waals surface area contributed by atoms with Crippen LogP contribution >= 0.6 is 23.2 Å². The van der Waals surface area contributed by atoms with E-state index in [0.717, 1.165) is 6.07 Å². The van der Waals surface area contributed by atoms with Gasteiger partial charge < -0.3 is 14.8 Å². The van der Waals surface area contributed by atoms with Crippen LogP contribution in [0.4, 0.5) is 8.78 Å². The number of rotatable bonds is 4. The molecule has 1 N–H and O–H groups in total. The van der Waals surface area contributed by atoms with Crippen LogP contribution in [-0.2, 0) is 4.74 Å². The van der Waals surface area contributed by atoms with Gasteiger partial charge in [-0.15, -0.1) is 5.10 Å². The average Bonchev–Trinajstić information content (AvgIpc) is 2.82. The lowest BCUT2D eigenvalue weighted by Crippen LogP contribution is -2.33. The molecule has 1 unspecified atom stereocenters. The van der Waals surface area contributed by atoms with Gasteiger partial charge in [-0.05, 0) is 30.3 Å². The van der Waals surface area contributed by atoms with Crippen LogP contribution < -0.4 is 15.6 Å². The summed E-state index contributed by atoms with van der Waals surface area (Å²) in [7, 11) is 0. The highest BCUT2D eigenvalue weighted by atomic mass is 35.5. The Morgan fingerprint density at radius 3 is 2.62 bits per heavy atom. The van der Waals surface area contributed by atoms with Gasteiger partial charge >= 0.3 is 0 Å². The number of halogens is 4. The van der Waals surface area contributed by atoms with E-state index < -0.39 is 23.3 Å². The van der Waals surface area contributed by atoms with Crippen molar-refractivity contribution in [3.05, 3.63) is 86.4 Å². The quantitative estimate of drug-likeness (QED) is 0.430. The Kier molecular flexibility index (Phi) is 6.18. The van der Waals surface area contributed by atoms with Crippen LogP contribution in [0.5, 0.6) is 11.6 Å². The number of hydrogen-bond acceptors (Lipinski definition) is 6. The first-order chi connectivity index (χ1) is 16.4. The smallest absolute Gasteiger partial charge is 0.281 e. The summed E-state index contributed by atoms with van der Waals surface area (Å²) in [5.74, 6) is -1.84. The van der Waals surface area contributed by atoms with Gasteiger partial charge in [-0.1, -0.05) is 29.3 Å². The Bertz CT molecular complexity index is 1440. The van der Waals surface area contributed by atoms with Gasteiger partial charge in [-0.25, -0.2) is 13.3 Å². The molecule has 2 aromatic carbocycles. The van der Waals surface area contributed by atoms with Gasteiger partial charge in [-0.2, -0.15) is 4.98 Å². The summed E-state index contributed by atoms with van der Waals surface area (Å²) >= 11 is 12.8. The summed E-state index contributed by atoms with van der Waals surface area (Å²) in [5.41, 5.74) is 0.714. The standard InChI is InChI=1S/C23H16Cl2F2N4O3/c24-14-2-1-3-15(25)20(14)21-17-9-13(19-10-28-6-7-33-19)23(30-31(17)11-29-22(21)32)34-18-5-4-12(26)8-16(18)27/h1-5,8-9,11,19,28H,6-7,10H2. The van der Waals surface area contributed by atoms with Crippen LogP contribution in [0.15, 0.2) is 53.6 Å². The normalized spacial score (nSPS) is 16.1. The monoisotopic (exact) mass is 504 g/mol. The number of ether oxygens (including phenoxy) is 2. The fourth-order valence-electron chi connectivity index (χ4n) is 3.75. The number of benzene rings is 2. The molecular weight excluding hydrogens is 489 g/mol. The van der Waals surface area contributed by atoms with Crippen LogP contribution in [0.2, 0.25) is 10.0 Å². The highest BCUT2D eigenvalue weighted by molar-refractivity contribution is 6.39. The van der Waals surface area contributed by atoms with Crippen LogP contribution in [0.3, 0.4) is 0 Å². The van der Waals surface area contributed by atoms with E-state index in [2.05, 4.69) is 15.4 Å². The van der Waals surface area contributed by atoms with Crippen molar-refractivity contribution in [2.75, 3.05) is 19.7 Å². The van der Waals surface area contributed by atoms with Crippen molar-refractivity contribution in [1.82, 2.24) is 19.9 Å². The van der Waals surface area contributed by atoms with Crippen molar-refractivity contribution in [3.8, 4) is 22.8 Å². The van der Waals surface area contributed by atoms with Crippen LogP contribution in [0.25, 0.3) is 16.6 Å². The van der Waals surface area contributed by atoms with Crippen molar-refractivity contribution < 1.29 is 18.3 Å². The molecule has 1 atom stereocenters. The SMILES string of the molecule is O=c1ncn2nc(Oc3ccc(F)cc3F)c(C3CNCCO3)cc2c1-c1c(Cl)cccc1Cl. The third kappa shape index (κ3) is 4.23. The molecular formula is C23H16Cl2F2N4O3. The van der Waals surface area contributed by atoms with E-state index in [1.54, 1.807) is 24.3 Å². The minimum Gasteiger partial charge on any atom is -0.434 e. The van der Waals surface area contributed by atoms with Gasteiger partial charge in [0.1, 0.15) is 18.2 Å². The molecule has 5 rings (SSSR count). The molecule has 174 valence electrons. The van der Waals surface area contributed by atoms with Crippen molar-refractivity contribution in [2.24, 2.45) is 0 Å². The van der Waals surface area contributed by atoms with E-state index in [9.17, 15) is 13.6 Å². The third-order valence-corrected chi connectivity index (χ3v) is 5.96. The Balaban J connectivity index is 1.74. The second-order valence-electron chi connectivity index (χ2n) is 7.50. The first kappa shape index (κ1) is 22.7. The minimum absolute atomic E-state index is 0.00774. The number of nitrogens with zero attached hydrogens (tertiary/aromatic N) is 3. The Labute approximate surface area is 201 Å². The Morgan fingerprint density at radius 1 is 1.12 bits per heavy atom. The molecule has 7 nitrogen and oxygen atoms in total. The second kappa shape index (κ2) is 9.27. The first-order valence-electron chi connectivity index (χ1n) is 10.2. The first-order valence-corrected chi connectivity index (χ1v) is 11.0. The highest BCUT2D eigenvalue weighted by Crippen LogP contribution is 2.37. The van der Waals surface area contributed by atoms with Gasteiger partial charge in [-0.3, -0.25) is 4.79 Å². The van der Waals surface area contributed by atoms with Crippen LogP contribution in [0.1, 0.15) is 11.7 Å². The van der Waals surface area contributed by atoms with Crippen LogP contribution in [0, 0.1) is 11.6 Å². The van der Waals surface area contributed by atoms with Crippen molar-refractivity contribution in [2.45, 2.75) is 6.10 Å². The van der Waals surface area contributed by atoms with Gasteiger partial charge in [0.2, 0.25) is 5.88 Å². The Hall–Kier alpha value is -3.11. The molecule has 0 bridgehead atoms. The molecule has 1 aliphatic heterocycles. The van der Waals surface area contributed by atoms with Gasteiger partial charge in [0, 0.05) is 30.3 Å². The predicted molar refractivity (Wildman–Crippen MR) is 123 cm³/mol. The maximum absolute atomic E-state index is 14.3. The number of morpholine rings is 1. The molecule has 0 amide bonds. The summed E-state index contributed by atoms with van der Waals surface area (Å²) in [6, 6.07) is 9.50. The van der Waals surface area contributed by atoms with E-state index in [-0.39, 0.29) is 27.2 Å². The fourth-order valence-corrected chi connectivity index (χ4v) is 4.34. The molecule has 1 fully saturated rings. The molecule has 3 heterocycles. The number of nitrogens with one attached hydrogen (secondary N) is 1. The predicted octanol–water partition coefficient (Wildman–Crippen LogP) is 4.79. The van der Waals surface area contributed by atoms with E-state index in [1.165, 1.54) is 16.9 Å². The minimum atomic E-state index is -0.892. The van der Waals surface area contributed by atoms with Crippen molar-refractivity contribution in [3.63, 3.8) is 0 Å². The molecule has 4 aromatic rings. The van der Waals surface area contributed by atoms with Crippen molar-refractivity contribution in [1.29, 1.82) is 0 Å². The molecule has 0 saturated carbocycles. The topological polar surface area (TPSA) is 77.8 Å². The largest absolute Gasteiger partial charge is 0.434 e. The van der Waals surface area contributed by atoms with Gasteiger partial charge in [0.15, 0.2) is 11.6 Å². The van der Waals surface area contributed by atoms with Gasteiger partial charge in [0.25, 0.3) is 5.56 Å². The summed E-state index contributed by atoms with van der Waals surface area (Å²) < 4.78 is 40.6. The average molecular weight is 505 g/mol. The summed E-state index contributed by atoms with van der Waals surface area (Å²) in [4.78, 5) is 16.7. The lowest BCUT2D eigenvalue weighted by atomic mass is 10.0. The lowest BCUT2D eigenvalue weighted by molar-refractivity contribution is 0.0261. The van der Waals surface area contributed by atoms with Crippen molar-refractivity contribution >= 4 is 28.7 Å². The molecule has 1 saturated heterocycles. The maximum atomic E-state index is 14.3. The molecule has 2 aromatic heterocycles. The zero-order valence-corrected chi connectivity index (χ0v) is 18.9. The maximum Gasteiger partial charge on any atom is 0.281 e. The van der Waals surface area contributed by atoms with Gasteiger partial charge in [0.05, 0.1) is 27.7 Å². The summed E-state index contributed by atoms with van der Waals surface area (Å²) in [6.45, 7) is 1.51. The lowest BCUT2D eigenvalue weighted by Gasteiger charge is -2.25. The zero-order chi connectivity index (χ0) is 23.8. The summed E-state index contributed by atoms with van der Waals surface area (Å²) in [5, 5.41) is 8.18. The van der Waals surface area contributed by atoms with Crippen LogP contribution in [-0.4, -0.2) is 34.3 Å². The van der Waals surface area contributed by atoms with E-state index >= 15 is 0 Å². The molecule has 0 spiro atoms. The molecule has 11 heteroatoms. The van der Waals surface area contributed by atoms with E-state index in [0.29, 0.717) is 42.4 Å². The molecule has 34 heavy (non-hydrogen) atoms. The zero-order valence-electron chi connectivity index (χ0n) is 17.4. The summed E-state index contributed by atoms with van der Waals surface area (Å²) in [6.07, 6.45) is 0.700. The third-order valence-electron chi connectivity index (χ3n) is 5.33. The van der Waals surface area contributed by atoms with E-state index in [4.69, 9.17) is 32.7 Å². The highest BCUT2D eigenvalue weighted by Gasteiger charge is 2.25. The van der Waals surface area contributed by atoms with E-state index in [1.807, 2.05) is 0 Å². The fraction of sp³-hybridized carbons (Fsp3) is 0.174. The molecule has 1 aliphatic rings.